The number of amides is 1. The van der Waals surface area contributed by atoms with E-state index >= 15 is 0 Å². The molecular weight excluding hydrogens is 342 g/mol. The molecule has 138 valence electrons. The van der Waals surface area contributed by atoms with Gasteiger partial charge in [-0.3, -0.25) is 9.78 Å². The number of rotatable bonds is 8. The topological polar surface area (TPSA) is 89.0 Å². The van der Waals surface area contributed by atoms with Crippen LogP contribution in [0.3, 0.4) is 0 Å². The first-order valence-corrected chi connectivity index (χ1v) is 8.61. The molecule has 2 heterocycles. The second-order valence-corrected chi connectivity index (χ2v) is 5.82. The highest BCUT2D eigenvalue weighted by Crippen LogP contribution is 2.12. The van der Waals surface area contributed by atoms with Crippen molar-refractivity contribution < 1.29 is 9.53 Å². The minimum Gasteiger partial charge on any atom is -0.497 e. The summed E-state index contributed by atoms with van der Waals surface area (Å²) in [7, 11) is 1.65. The second-order valence-electron chi connectivity index (χ2n) is 5.82. The summed E-state index contributed by atoms with van der Waals surface area (Å²) < 4.78 is 5.15. The number of anilines is 1. The molecule has 7 heteroatoms. The van der Waals surface area contributed by atoms with Crippen LogP contribution in [0.1, 0.15) is 21.7 Å². The Balaban J connectivity index is 1.45. The monoisotopic (exact) mass is 363 g/mol. The number of hydrogen-bond acceptors (Lipinski definition) is 6. The van der Waals surface area contributed by atoms with Crippen LogP contribution in [-0.2, 0) is 13.0 Å². The van der Waals surface area contributed by atoms with Gasteiger partial charge in [0.15, 0.2) is 0 Å². The number of carbonyl (C=O) groups excluding carboxylic acids is 1. The van der Waals surface area contributed by atoms with E-state index in [0.717, 1.165) is 17.9 Å². The van der Waals surface area contributed by atoms with Gasteiger partial charge in [0.2, 0.25) is 0 Å². The van der Waals surface area contributed by atoms with Gasteiger partial charge in [-0.2, -0.15) is 0 Å². The fourth-order valence-corrected chi connectivity index (χ4v) is 2.43. The normalized spacial score (nSPS) is 10.3. The maximum Gasteiger partial charge on any atom is 0.271 e. The van der Waals surface area contributed by atoms with Crippen molar-refractivity contribution in [1.82, 2.24) is 20.3 Å². The predicted octanol–water partition coefficient (Wildman–Crippen LogP) is 2.46. The van der Waals surface area contributed by atoms with E-state index in [0.29, 0.717) is 18.9 Å². The largest absolute Gasteiger partial charge is 0.497 e. The fraction of sp³-hybridized carbons (Fsp3) is 0.200. The molecule has 0 aliphatic carbocycles. The number of nitrogens with one attached hydrogen (secondary N) is 2. The third-order valence-corrected chi connectivity index (χ3v) is 3.92. The van der Waals surface area contributed by atoms with Gasteiger partial charge >= 0.3 is 0 Å². The summed E-state index contributed by atoms with van der Waals surface area (Å²) >= 11 is 0. The van der Waals surface area contributed by atoms with E-state index in [4.69, 9.17) is 4.74 Å². The molecule has 1 amide bonds. The van der Waals surface area contributed by atoms with E-state index in [-0.39, 0.29) is 11.6 Å². The van der Waals surface area contributed by atoms with Crippen molar-refractivity contribution >= 4 is 11.7 Å². The first-order valence-electron chi connectivity index (χ1n) is 8.61. The standard InChI is InChI=1S/C20H21N5O2/c1-27-17-7-5-15(6-8-17)9-11-22-19-14-23-18(13-24-19)20(26)25-12-16-4-2-3-10-21-16/h2-8,10,13-14H,9,11-12H2,1H3,(H,22,24)(H,25,26). The molecule has 3 rings (SSSR count). The summed E-state index contributed by atoms with van der Waals surface area (Å²) in [5.74, 6) is 1.19. The average molecular weight is 363 g/mol. The van der Waals surface area contributed by atoms with E-state index < -0.39 is 0 Å². The van der Waals surface area contributed by atoms with Crippen molar-refractivity contribution in [1.29, 1.82) is 0 Å². The van der Waals surface area contributed by atoms with Crippen LogP contribution in [0.25, 0.3) is 0 Å². The summed E-state index contributed by atoms with van der Waals surface area (Å²) in [6.07, 6.45) is 5.55. The first-order chi connectivity index (χ1) is 13.2. The number of benzene rings is 1. The molecule has 3 aromatic rings. The molecule has 0 radical (unpaired) electrons. The number of pyridine rings is 1. The highest BCUT2D eigenvalue weighted by atomic mass is 16.5. The Bertz CT molecular complexity index is 852. The number of ether oxygens (including phenoxy) is 1. The van der Waals surface area contributed by atoms with Gasteiger partial charge in [0.25, 0.3) is 5.91 Å². The Labute approximate surface area is 157 Å². The molecule has 1 aromatic carbocycles. The molecule has 0 saturated heterocycles. The highest BCUT2D eigenvalue weighted by Gasteiger charge is 2.08. The van der Waals surface area contributed by atoms with Gasteiger partial charge in [0.05, 0.1) is 31.7 Å². The van der Waals surface area contributed by atoms with Crippen LogP contribution in [-0.4, -0.2) is 34.5 Å². The van der Waals surface area contributed by atoms with E-state index in [9.17, 15) is 4.79 Å². The number of methoxy groups -OCH3 is 1. The summed E-state index contributed by atoms with van der Waals surface area (Å²) in [5.41, 5.74) is 2.25. The molecule has 2 aromatic heterocycles. The number of aromatic nitrogens is 3. The molecule has 0 unspecified atom stereocenters. The first kappa shape index (κ1) is 18.3. The number of nitrogens with zero attached hydrogens (tertiary/aromatic N) is 3. The van der Waals surface area contributed by atoms with E-state index in [1.807, 2.05) is 42.5 Å². The van der Waals surface area contributed by atoms with Gasteiger partial charge < -0.3 is 15.4 Å². The lowest BCUT2D eigenvalue weighted by Gasteiger charge is -2.07. The molecule has 0 bridgehead atoms. The quantitative estimate of drug-likeness (QED) is 0.639. The molecule has 0 spiro atoms. The highest BCUT2D eigenvalue weighted by molar-refractivity contribution is 5.91. The molecule has 0 aliphatic rings. The van der Waals surface area contributed by atoms with Crippen molar-refractivity contribution in [3.63, 3.8) is 0 Å². The molecule has 27 heavy (non-hydrogen) atoms. The van der Waals surface area contributed by atoms with Crippen molar-refractivity contribution in [2.75, 3.05) is 19.0 Å². The van der Waals surface area contributed by atoms with Crippen LogP contribution in [0.15, 0.2) is 61.1 Å². The van der Waals surface area contributed by atoms with E-state index in [2.05, 4.69) is 25.6 Å². The van der Waals surface area contributed by atoms with Crippen molar-refractivity contribution in [3.8, 4) is 5.75 Å². The third kappa shape index (κ3) is 5.50. The van der Waals surface area contributed by atoms with Crippen LogP contribution in [0.2, 0.25) is 0 Å². The Morgan fingerprint density at radius 3 is 2.56 bits per heavy atom. The summed E-state index contributed by atoms with van der Waals surface area (Å²) in [5, 5.41) is 5.97. The van der Waals surface area contributed by atoms with Crippen molar-refractivity contribution in [2.45, 2.75) is 13.0 Å². The molecule has 2 N–H and O–H groups in total. The Morgan fingerprint density at radius 2 is 1.89 bits per heavy atom. The second kappa shape index (κ2) is 9.28. The summed E-state index contributed by atoms with van der Waals surface area (Å²) in [4.78, 5) is 24.7. The van der Waals surface area contributed by atoms with E-state index in [1.165, 1.54) is 11.8 Å². The minimum absolute atomic E-state index is 0.270. The molecule has 0 fully saturated rings. The maximum absolute atomic E-state index is 12.1. The zero-order valence-corrected chi connectivity index (χ0v) is 15.1. The lowest BCUT2D eigenvalue weighted by atomic mass is 10.1. The van der Waals surface area contributed by atoms with Crippen molar-refractivity contribution in [2.24, 2.45) is 0 Å². The minimum atomic E-state index is -0.280. The third-order valence-electron chi connectivity index (χ3n) is 3.92. The van der Waals surface area contributed by atoms with E-state index in [1.54, 1.807) is 19.5 Å². The van der Waals surface area contributed by atoms with Gasteiger partial charge in [0, 0.05) is 12.7 Å². The fourth-order valence-electron chi connectivity index (χ4n) is 2.43. The lowest BCUT2D eigenvalue weighted by Crippen LogP contribution is -2.24. The van der Waals surface area contributed by atoms with Crippen LogP contribution >= 0.6 is 0 Å². The SMILES string of the molecule is COc1ccc(CCNc2cnc(C(=O)NCc3ccccn3)cn2)cc1. The average Bonchev–Trinajstić information content (AvgIpc) is 2.74. The lowest BCUT2D eigenvalue weighted by molar-refractivity contribution is 0.0945. The van der Waals surface area contributed by atoms with Gasteiger partial charge in [-0.15, -0.1) is 0 Å². The molecule has 0 atom stereocenters. The zero-order chi connectivity index (χ0) is 18.9. The smallest absolute Gasteiger partial charge is 0.271 e. The molecule has 0 aliphatic heterocycles. The van der Waals surface area contributed by atoms with Crippen LogP contribution in [0.5, 0.6) is 5.75 Å². The molecule has 7 nitrogen and oxygen atoms in total. The van der Waals surface area contributed by atoms with Crippen LogP contribution < -0.4 is 15.4 Å². The van der Waals surface area contributed by atoms with Crippen molar-refractivity contribution in [3.05, 3.63) is 78.0 Å². The zero-order valence-electron chi connectivity index (χ0n) is 15.1. The molecule has 0 saturated carbocycles. The van der Waals surface area contributed by atoms with Gasteiger partial charge in [-0.25, -0.2) is 9.97 Å². The number of hydrogen-bond donors (Lipinski definition) is 2. The Kier molecular flexibility index (Phi) is 6.30. The van der Waals surface area contributed by atoms with Crippen LogP contribution in [0.4, 0.5) is 5.82 Å². The maximum atomic E-state index is 12.1. The van der Waals surface area contributed by atoms with Gasteiger partial charge in [-0.05, 0) is 36.2 Å². The summed E-state index contributed by atoms with van der Waals surface area (Å²) in [6, 6.07) is 13.5. The predicted molar refractivity (Wildman–Crippen MR) is 103 cm³/mol. The van der Waals surface area contributed by atoms with Gasteiger partial charge in [0.1, 0.15) is 17.3 Å². The number of carbonyl (C=O) groups is 1. The van der Waals surface area contributed by atoms with Gasteiger partial charge in [-0.1, -0.05) is 18.2 Å². The van der Waals surface area contributed by atoms with Crippen LogP contribution in [0, 0.1) is 0 Å². The Morgan fingerprint density at radius 1 is 1.04 bits per heavy atom. The summed E-state index contributed by atoms with van der Waals surface area (Å²) in [6.45, 7) is 1.06. The molecular formula is C20H21N5O2. The Hall–Kier alpha value is -3.48.